The molecular weight excluding hydrogens is 675 g/mol. The molecule has 54 heavy (non-hydrogen) atoms. The zero-order valence-electron chi connectivity index (χ0n) is 30.3. The Kier molecular flexibility index (Phi) is 6.16. The molecule has 4 heteroatoms. The first-order chi connectivity index (χ1) is 26.4. The highest BCUT2D eigenvalue weighted by molar-refractivity contribution is 7.26. The summed E-state index contributed by atoms with van der Waals surface area (Å²) in [6.07, 6.45) is 17.5. The zero-order valence-corrected chi connectivity index (χ0v) is 31.1. The van der Waals surface area contributed by atoms with Crippen LogP contribution in [-0.2, 0) is 5.41 Å². The zero-order chi connectivity index (χ0) is 35.8. The van der Waals surface area contributed by atoms with E-state index in [-0.39, 0.29) is 10.8 Å². The Balaban J connectivity index is 1.09. The Labute approximate surface area is 317 Å². The van der Waals surface area contributed by atoms with Gasteiger partial charge in [0.05, 0.1) is 27.3 Å². The Morgan fingerprint density at radius 2 is 1.57 bits per heavy atom. The molecule has 3 atom stereocenters. The molecular formula is C50H37N3S. The number of benzene rings is 5. The molecule has 9 aromatic rings. The fraction of sp³-hybridized carbons (Fsp3) is 0.160. The van der Waals surface area contributed by atoms with Crippen LogP contribution in [0.4, 0.5) is 0 Å². The molecule has 3 nitrogen and oxygen atoms in total. The minimum absolute atomic E-state index is 0.0915. The number of fused-ring (bicyclic) bond motifs is 14. The first-order valence-corrected chi connectivity index (χ1v) is 20.0. The number of thiophene rings is 1. The lowest BCUT2D eigenvalue weighted by Gasteiger charge is -2.49. The predicted molar refractivity (Wildman–Crippen MR) is 228 cm³/mol. The van der Waals surface area contributed by atoms with Crippen molar-refractivity contribution in [3.8, 4) is 22.4 Å². The molecule has 0 aliphatic heterocycles. The number of aromatic nitrogens is 3. The van der Waals surface area contributed by atoms with E-state index in [0.29, 0.717) is 5.92 Å². The number of pyridine rings is 2. The Bertz CT molecular complexity index is 3170. The summed E-state index contributed by atoms with van der Waals surface area (Å²) in [4.78, 5) is 10.5. The Hall–Kier alpha value is -5.84. The van der Waals surface area contributed by atoms with E-state index in [9.17, 15) is 0 Å². The first kappa shape index (κ1) is 30.6. The van der Waals surface area contributed by atoms with E-state index in [0.717, 1.165) is 29.4 Å². The number of imidazole rings is 1. The van der Waals surface area contributed by atoms with Gasteiger partial charge in [-0.05, 0) is 93.4 Å². The molecule has 4 heterocycles. The largest absolute Gasteiger partial charge is 0.291 e. The van der Waals surface area contributed by atoms with Crippen molar-refractivity contribution < 1.29 is 0 Å². The van der Waals surface area contributed by atoms with Crippen LogP contribution in [0.25, 0.3) is 86.7 Å². The van der Waals surface area contributed by atoms with Gasteiger partial charge in [0.25, 0.3) is 0 Å². The highest BCUT2D eigenvalue weighted by Gasteiger charge is 2.49. The number of allylic oxidation sites excluding steroid dienone is 5. The van der Waals surface area contributed by atoms with Gasteiger partial charge in [0.1, 0.15) is 0 Å². The van der Waals surface area contributed by atoms with E-state index < -0.39 is 0 Å². The smallest absolute Gasteiger partial charge is 0.156 e. The van der Waals surface area contributed by atoms with Crippen molar-refractivity contribution in [2.45, 2.75) is 38.5 Å². The predicted octanol–water partition coefficient (Wildman–Crippen LogP) is 13.5. The third kappa shape index (κ3) is 4.18. The number of hydrogen-bond donors (Lipinski definition) is 0. The van der Waals surface area contributed by atoms with E-state index >= 15 is 0 Å². The molecule has 0 saturated heterocycles. The van der Waals surface area contributed by atoms with E-state index in [1.165, 1.54) is 87.5 Å². The second-order valence-electron chi connectivity index (χ2n) is 16.3. The van der Waals surface area contributed by atoms with Crippen molar-refractivity contribution in [2.75, 3.05) is 0 Å². The summed E-state index contributed by atoms with van der Waals surface area (Å²) in [5.74, 6) is 0.319. The average Bonchev–Trinajstić information content (AvgIpc) is 3.77. The number of hydrogen-bond acceptors (Lipinski definition) is 3. The van der Waals surface area contributed by atoms with E-state index in [1.807, 2.05) is 23.6 Å². The maximum atomic E-state index is 5.75. The molecule has 3 unspecified atom stereocenters. The lowest BCUT2D eigenvalue weighted by atomic mass is 9.54. The van der Waals surface area contributed by atoms with Crippen molar-refractivity contribution in [3.63, 3.8) is 0 Å². The third-order valence-electron chi connectivity index (χ3n) is 13.1. The summed E-state index contributed by atoms with van der Waals surface area (Å²) in [6.45, 7) is 4.96. The fourth-order valence-electron chi connectivity index (χ4n) is 10.3. The lowest BCUT2D eigenvalue weighted by molar-refractivity contribution is 0.197. The lowest BCUT2D eigenvalue weighted by Crippen LogP contribution is -2.43. The molecule has 0 amide bonds. The Morgan fingerprint density at radius 1 is 0.741 bits per heavy atom. The summed E-state index contributed by atoms with van der Waals surface area (Å²) in [7, 11) is 0. The van der Waals surface area contributed by atoms with Crippen LogP contribution in [0.2, 0.25) is 0 Å². The summed E-state index contributed by atoms with van der Waals surface area (Å²) in [6, 6.07) is 40.3. The van der Waals surface area contributed by atoms with Crippen molar-refractivity contribution in [2.24, 2.45) is 11.3 Å². The third-order valence-corrected chi connectivity index (χ3v) is 14.2. The minimum atomic E-state index is -0.0915. The van der Waals surface area contributed by atoms with Crippen LogP contribution in [0.15, 0.2) is 145 Å². The standard InChI is InChI=1S/C50H37N3S/c1-49-23-6-5-12-35(49)27-36-20-22-42-47(50(36,2)29-49)52-48-46-41(40-25-33-9-3-4-10-34(33)26-44(40)54-46)28-43(53(42)48)31-17-15-30(16-18-31)37-13-7-14-39-38(37)21-19-32-11-8-24-51-45(32)39/h3-5,7-22,24-28,36H,6,23,29H2,1-2H3. The average molecular weight is 712 g/mol. The topological polar surface area (TPSA) is 30.2 Å². The van der Waals surface area contributed by atoms with Crippen molar-refractivity contribution in [1.82, 2.24) is 14.4 Å². The quantitative estimate of drug-likeness (QED) is 0.167. The Morgan fingerprint density at radius 3 is 2.46 bits per heavy atom. The van der Waals surface area contributed by atoms with Crippen LogP contribution in [0.5, 0.6) is 0 Å². The fourth-order valence-corrected chi connectivity index (χ4v) is 11.5. The van der Waals surface area contributed by atoms with E-state index in [2.05, 4.69) is 152 Å². The van der Waals surface area contributed by atoms with Crippen LogP contribution in [0.1, 0.15) is 44.5 Å². The SMILES string of the molecule is CC12CCC=CC1=CC1C=Cc3c(nc4c5sc6cc7ccccc7cc6c5cc(-c5ccc(-c6cccc7c6ccc6cccnc67)cc5)n34)C1(C)C2. The maximum Gasteiger partial charge on any atom is 0.156 e. The van der Waals surface area contributed by atoms with Crippen LogP contribution in [0.3, 0.4) is 0 Å². The molecule has 4 aromatic heterocycles. The van der Waals surface area contributed by atoms with Crippen LogP contribution < -0.4 is 0 Å². The molecule has 0 saturated carbocycles. The van der Waals surface area contributed by atoms with Crippen molar-refractivity contribution in [3.05, 3.63) is 157 Å². The molecule has 12 rings (SSSR count). The van der Waals surface area contributed by atoms with Crippen LogP contribution >= 0.6 is 11.3 Å². The van der Waals surface area contributed by atoms with Gasteiger partial charge < -0.3 is 0 Å². The second kappa shape index (κ2) is 10.9. The second-order valence-corrected chi connectivity index (χ2v) is 17.3. The summed E-state index contributed by atoms with van der Waals surface area (Å²) in [5.41, 5.74) is 11.0. The molecule has 0 fully saturated rings. The highest BCUT2D eigenvalue weighted by atomic mass is 32.1. The van der Waals surface area contributed by atoms with Gasteiger partial charge in [0.2, 0.25) is 0 Å². The molecule has 0 N–H and O–H groups in total. The van der Waals surface area contributed by atoms with Gasteiger partial charge in [-0.15, -0.1) is 11.3 Å². The van der Waals surface area contributed by atoms with Gasteiger partial charge >= 0.3 is 0 Å². The first-order valence-electron chi connectivity index (χ1n) is 19.2. The summed E-state index contributed by atoms with van der Waals surface area (Å²) < 4.78 is 5.06. The van der Waals surface area contributed by atoms with Gasteiger partial charge in [-0.2, -0.15) is 0 Å². The molecule has 0 spiro atoms. The van der Waals surface area contributed by atoms with Crippen LogP contribution in [-0.4, -0.2) is 14.4 Å². The van der Waals surface area contributed by atoms with E-state index in [4.69, 9.17) is 9.97 Å². The molecule has 258 valence electrons. The van der Waals surface area contributed by atoms with Crippen molar-refractivity contribution in [1.29, 1.82) is 0 Å². The maximum absolute atomic E-state index is 5.75. The molecule has 0 radical (unpaired) electrons. The molecule has 3 aliphatic rings. The van der Waals surface area contributed by atoms with Crippen molar-refractivity contribution >= 4 is 75.7 Å². The van der Waals surface area contributed by atoms with Gasteiger partial charge in [-0.3, -0.25) is 9.38 Å². The summed E-state index contributed by atoms with van der Waals surface area (Å²) >= 11 is 1.89. The molecule has 3 aliphatic carbocycles. The monoisotopic (exact) mass is 711 g/mol. The molecule has 5 aromatic carbocycles. The van der Waals surface area contributed by atoms with E-state index in [1.54, 1.807) is 0 Å². The number of nitrogens with zero attached hydrogens (tertiary/aromatic N) is 3. The van der Waals surface area contributed by atoms with Gasteiger partial charge in [0, 0.05) is 43.8 Å². The van der Waals surface area contributed by atoms with Gasteiger partial charge in [-0.25, -0.2) is 4.98 Å². The molecule has 0 bridgehead atoms. The minimum Gasteiger partial charge on any atom is -0.291 e. The van der Waals surface area contributed by atoms with Crippen LogP contribution in [0, 0.1) is 11.3 Å². The normalized spacial score (nSPS) is 22.0. The number of rotatable bonds is 2. The summed E-state index contributed by atoms with van der Waals surface area (Å²) in [5, 5.41) is 8.71. The van der Waals surface area contributed by atoms with Gasteiger partial charge in [-0.1, -0.05) is 123 Å². The van der Waals surface area contributed by atoms with Gasteiger partial charge in [0.15, 0.2) is 5.65 Å². The highest BCUT2D eigenvalue weighted by Crippen LogP contribution is 2.57.